The highest BCUT2D eigenvalue weighted by atomic mass is 32.1. The monoisotopic (exact) mass is 1060 g/mol. The highest BCUT2D eigenvalue weighted by Gasteiger charge is 2.53. The smallest absolute Gasteiger partial charge is 0.397 e. The molecule has 19 heteroatoms. The van der Waals surface area contributed by atoms with E-state index in [1.54, 1.807) is 30.3 Å². The zero-order valence-electron chi connectivity index (χ0n) is 43.1. The molecule has 3 aromatic carbocycles. The van der Waals surface area contributed by atoms with Crippen LogP contribution in [0.4, 0.5) is 26.0 Å². The Balaban J connectivity index is 0.591. The molecule has 2 bridgehead atoms. The number of aromatic nitrogens is 2. The number of amides is 4. The second-order valence-electron chi connectivity index (χ2n) is 21.8. The van der Waals surface area contributed by atoms with Crippen LogP contribution in [0.3, 0.4) is 0 Å². The first-order chi connectivity index (χ1) is 37.1. The van der Waals surface area contributed by atoms with E-state index < -0.39 is 11.7 Å². The number of halogens is 2. The molecule has 6 aliphatic rings. The third kappa shape index (κ3) is 10.4. The maximum absolute atomic E-state index is 13.7. The van der Waals surface area contributed by atoms with Gasteiger partial charge in [-0.1, -0.05) is 30.3 Å². The molecule has 7 heterocycles. The highest BCUT2D eigenvalue weighted by Crippen LogP contribution is 2.52. The van der Waals surface area contributed by atoms with E-state index >= 15 is 0 Å². The lowest BCUT2D eigenvalue weighted by Gasteiger charge is -2.35. The van der Waals surface area contributed by atoms with Crippen LogP contribution < -0.4 is 46.7 Å². The first-order valence-corrected chi connectivity index (χ1v) is 27.7. The number of nitrogen functional groups attached to an aromatic ring is 1. The van der Waals surface area contributed by atoms with E-state index in [1.165, 1.54) is 53.1 Å². The van der Waals surface area contributed by atoms with Crippen LogP contribution >= 0.6 is 11.3 Å². The van der Waals surface area contributed by atoms with Gasteiger partial charge in [-0.3, -0.25) is 19.2 Å². The number of ether oxygens (including phenoxy) is 2. The van der Waals surface area contributed by atoms with Crippen LogP contribution in [-0.4, -0.2) is 102 Å². The van der Waals surface area contributed by atoms with E-state index in [1.807, 2.05) is 38.1 Å². The summed E-state index contributed by atoms with van der Waals surface area (Å²) in [6.07, 6.45) is 3.75. The summed E-state index contributed by atoms with van der Waals surface area (Å²) >= 11 is 1.28. The molecule has 16 nitrogen and oxygen atoms in total. The van der Waals surface area contributed by atoms with E-state index in [-0.39, 0.29) is 53.1 Å². The Kier molecular flexibility index (Phi) is 13.3. The Morgan fingerprint density at radius 2 is 1.66 bits per heavy atom. The molecule has 400 valence electrons. The summed E-state index contributed by atoms with van der Waals surface area (Å²) in [5.41, 5.74) is 13.9. The molecule has 4 fully saturated rings. The van der Waals surface area contributed by atoms with Gasteiger partial charge in [0.1, 0.15) is 15.5 Å². The van der Waals surface area contributed by atoms with E-state index in [0.29, 0.717) is 113 Å². The average molecular weight is 1070 g/mol. The van der Waals surface area contributed by atoms with Gasteiger partial charge in [0.25, 0.3) is 11.8 Å². The zero-order chi connectivity index (χ0) is 53.2. The maximum atomic E-state index is 13.7. The Hall–Kier alpha value is -7.22. The van der Waals surface area contributed by atoms with Crippen molar-refractivity contribution in [1.29, 1.82) is 0 Å². The van der Waals surface area contributed by atoms with E-state index in [0.717, 1.165) is 43.3 Å². The first kappa shape index (κ1) is 50.6. The van der Waals surface area contributed by atoms with Crippen molar-refractivity contribution < 1.29 is 37.4 Å². The third-order valence-corrected chi connectivity index (χ3v) is 17.6. The van der Waals surface area contributed by atoms with Crippen LogP contribution in [0.2, 0.25) is 0 Å². The quantitative estimate of drug-likeness (QED) is 0.0619. The number of benzene rings is 3. The molecule has 12 rings (SSSR count). The van der Waals surface area contributed by atoms with Crippen molar-refractivity contribution in [1.82, 2.24) is 36.1 Å². The number of piperazine rings is 1. The standard InChI is InChI=1S/C58H62F2N10O6S/c1-32-6-17-48(68-56(74)57(20-21-57)39-9-16-46-47(29-39)76-58(59,60)75-46)67-50(32)37-4-3-5-38(26-37)52(71)62-22-25-69-23-18-34(19-24-69)53(72)63-33(2)45-15-14-44-49(61)51(77-55(44)66-45)54(73)65-40-10-7-36-28-43(13-8-35(36)27-40)70-30-41-11-12-42(31-70)64-41/h3-6,8-9,13-17,26,28-29,33-34,40-42,64H,7,10-12,18-25,27,30-31,61H2,1-2H3,(H,62,71)(H,63,72)(H,65,73)(H,67,68,74)/t33?,40-,41-,42+/m0/s1. The molecule has 4 atom stereocenters. The summed E-state index contributed by atoms with van der Waals surface area (Å²) in [7, 11) is 0. The zero-order valence-corrected chi connectivity index (χ0v) is 43.9. The van der Waals surface area contributed by atoms with Gasteiger partial charge in [-0.25, -0.2) is 9.97 Å². The van der Waals surface area contributed by atoms with Gasteiger partial charge in [0.2, 0.25) is 11.8 Å². The molecule has 4 aliphatic heterocycles. The van der Waals surface area contributed by atoms with Crippen molar-refractivity contribution in [3.8, 4) is 22.8 Å². The largest absolute Gasteiger partial charge is 0.586 e. The average Bonchev–Trinajstić information content (AvgIpc) is 4.09. The number of hydrogen-bond donors (Lipinski definition) is 6. The number of nitrogens with one attached hydrogen (secondary N) is 5. The van der Waals surface area contributed by atoms with E-state index in [9.17, 15) is 28.0 Å². The number of aryl methyl sites for hydroxylation is 2. The number of carbonyl (C=O) groups excluding carboxylic acids is 4. The van der Waals surface area contributed by atoms with Crippen LogP contribution in [-0.2, 0) is 27.8 Å². The Morgan fingerprint density at radius 3 is 2.45 bits per heavy atom. The number of fused-ring (bicyclic) bond motifs is 5. The highest BCUT2D eigenvalue weighted by molar-refractivity contribution is 7.21. The minimum absolute atomic E-state index is 0.0122. The molecule has 0 radical (unpaired) electrons. The minimum Gasteiger partial charge on any atom is -0.397 e. The number of anilines is 3. The van der Waals surface area contributed by atoms with Gasteiger partial charge in [0, 0.05) is 72.4 Å². The topological polar surface area (TPSA) is 205 Å². The molecule has 2 aliphatic carbocycles. The van der Waals surface area contributed by atoms with Crippen molar-refractivity contribution in [2.45, 2.75) is 108 Å². The molecule has 4 amide bonds. The van der Waals surface area contributed by atoms with Crippen molar-refractivity contribution >= 4 is 62.4 Å². The fourth-order valence-corrected chi connectivity index (χ4v) is 13.0. The number of nitrogens with two attached hydrogens (primary N) is 1. The molecule has 7 N–H and O–H groups in total. The number of carbonyl (C=O) groups is 4. The summed E-state index contributed by atoms with van der Waals surface area (Å²) in [4.78, 5) is 69.8. The normalized spacial score (nSPS) is 21.5. The third-order valence-electron chi connectivity index (χ3n) is 16.5. The van der Waals surface area contributed by atoms with Crippen LogP contribution in [0.15, 0.2) is 84.9 Å². The summed E-state index contributed by atoms with van der Waals surface area (Å²) in [5, 5.41) is 16.8. The van der Waals surface area contributed by atoms with Gasteiger partial charge in [0.15, 0.2) is 11.5 Å². The van der Waals surface area contributed by atoms with Gasteiger partial charge in [-0.05, 0) is 162 Å². The van der Waals surface area contributed by atoms with Crippen molar-refractivity contribution in [2.75, 3.05) is 55.2 Å². The van der Waals surface area contributed by atoms with Gasteiger partial charge >= 0.3 is 6.29 Å². The van der Waals surface area contributed by atoms with Crippen molar-refractivity contribution in [2.24, 2.45) is 5.92 Å². The lowest BCUT2D eigenvalue weighted by Crippen LogP contribution is -2.51. The fourth-order valence-electron chi connectivity index (χ4n) is 11.9. The van der Waals surface area contributed by atoms with Gasteiger partial charge in [-0.15, -0.1) is 20.1 Å². The summed E-state index contributed by atoms with van der Waals surface area (Å²) < 4.78 is 36.5. The van der Waals surface area contributed by atoms with Crippen molar-refractivity contribution in [3.05, 3.63) is 123 Å². The van der Waals surface area contributed by atoms with Gasteiger partial charge in [-0.2, -0.15) is 0 Å². The molecule has 3 saturated heterocycles. The van der Waals surface area contributed by atoms with Crippen LogP contribution in [0.5, 0.6) is 11.5 Å². The molecule has 1 unspecified atom stereocenters. The number of piperidine rings is 1. The maximum Gasteiger partial charge on any atom is 0.586 e. The summed E-state index contributed by atoms with van der Waals surface area (Å²) in [6.45, 7) is 8.40. The SMILES string of the molecule is Cc1ccc(NC(=O)C2(c3ccc4c(c3)OC(F)(F)O4)CC2)nc1-c1cccc(C(=O)NCCN2CCC(C(=O)NC(C)c3ccc4c(N)c(C(=O)N[C@H]5CCc6cc(N7C[C@H]8CC[C@@H](C7)N8)ccc6C5)sc4n3)CC2)c1. The molecule has 6 aromatic rings. The predicted molar refractivity (Wildman–Crippen MR) is 291 cm³/mol. The second kappa shape index (κ2) is 20.3. The number of rotatable bonds is 14. The Morgan fingerprint density at radius 1 is 0.870 bits per heavy atom. The predicted octanol–water partition coefficient (Wildman–Crippen LogP) is 7.79. The molecule has 1 saturated carbocycles. The molecule has 0 spiro atoms. The fraction of sp³-hybridized carbons (Fsp3) is 0.414. The number of likely N-dealkylation sites (tertiary alicyclic amines) is 1. The van der Waals surface area contributed by atoms with Crippen LogP contribution in [0.25, 0.3) is 21.5 Å². The number of nitrogens with zero attached hydrogens (tertiary/aromatic N) is 4. The van der Waals surface area contributed by atoms with Crippen LogP contribution in [0.1, 0.15) is 106 Å². The van der Waals surface area contributed by atoms with Gasteiger partial charge in [0.05, 0.1) is 28.5 Å². The van der Waals surface area contributed by atoms with Gasteiger partial charge < -0.3 is 51.6 Å². The number of alkyl halides is 2. The minimum atomic E-state index is -3.75. The number of pyridine rings is 2. The van der Waals surface area contributed by atoms with E-state index in [4.69, 9.17) is 15.7 Å². The molecular weight excluding hydrogens is 1000 g/mol. The summed E-state index contributed by atoms with van der Waals surface area (Å²) in [6, 6.07) is 26.6. The number of thiophene rings is 1. The first-order valence-electron chi connectivity index (χ1n) is 26.9. The van der Waals surface area contributed by atoms with E-state index in [2.05, 4.69) is 64.1 Å². The molecule has 3 aromatic heterocycles. The Labute approximate surface area is 448 Å². The lowest BCUT2D eigenvalue weighted by atomic mass is 9.87. The molecule has 77 heavy (non-hydrogen) atoms. The molecular formula is C58H62F2N10O6S. The second-order valence-corrected chi connectivity index (χ2v) is 22.8. The van der Waals surface area contributed by atoms with Crippen LogP contribution in [0, 0.1) is 12.8 Å². The van der Waals surface area contributed by atoms with Crippen molar-refractivity contribution in [3.63, 3.8) is 0 Å². The Bertz CT molecular complexity index is 3310. The lowest BCUT2D eigenvalue weighted by molar-refractivity contribution is -0.286. The summed E-state index contributed by atoms with van der Waals surface area (Å²) in [5.74, 6) is -0.780. The number of hydrogen-bond acceptors (Lipinski definition) is 13.